The molecule has 0 aliphatic carbocycles. The Bertz CT molecular complexity index is 543. The van der Waals surface area contributed by atoms with Gasteiger partial charge >= 0.3 is 5.97 Å². The summed E-state index contributed by atoms with van der Waals surface area (Å²) in [6.45, 7) is 1.20. The first-order valence-corrected chi connectivity index (χ1v) is 7.20. The van der Waals surface area contributed by atoms with Gasteiger partial charge in [-0.1, -0.05) is 22.0 Å². The van der Waals surface area contributed by atoms with E-state index in [-0.39, 0.29) is 4.90 Å². The van der Waals surface area contributed by atoms with Crippen molar-refractivity contribution in [3.05, 3.63) is 28.7 Å². The first-order chi connectivity index (χ1) is 8.24. The summed E-state index contributed by atoms with van der Waals surface area (Å²) in [5.74, 6) is -1.44. The number of sulfonamides is 1. The second-order valence-corrected chi connectivity index (χ2v) is 6.26. The van der Waals surface area contributed by atoms with Crippen LogP contribution >= 0.6 is 15.9 Å². The van der Waals surface area contributed by atoms with Gasteiger partial charge in [-0.15, -0.1) is 0 Å². The highest BCUT2D eigenvalue weighted by atomic mass is 79.9. The topological polar surface area (TPSA) is 104 Å². The van der Waals surface area contributed by atoms with Gasteiger partial charge in [-0.05, 0) is 25.1 Å². The molecular weight excluding hydrogens is 326 g/mol. The molecule has 100 valence electrons. The Morgan fingerprint density at radius 2 is 2.06 bits per heavy atom. The summed E-state index contributed by atoms with van der Waals surface area (Å²) in [5.41, 5.74) is 0. The van der Waals surface area contributed by atoms with E-state index in [4.69, 9.17) is 5.11 Å². The van der Waals surface area contributed by atoms with Crippen molar-refractivity contribution in [2.45, 2.75) is 24.0 Å². The molecule has 0 heterocycles. The number of rotatable bonds is 5. The van der Waals surface area contributed by atoms with Crippen molar-refractivity contribution >= 4 is 31.9 Å². The first kappa shape index (κ1) is 15.1. The molecule has 0 bridgehead atoms. The molecule has 3 N–H and O–H groups in total. The fourth-order valence-electron chi connectivity index (χ4n) is 1.22. The van der Waals surface area contributed by atoms with Crippen LogP contribution in [0.2, 0.25) is 0 Å². The smallest absolute Gasteiger partial charge is 0.324 e. The van der Waals surface area contributed by atoms with Crippen molar-refractivity contribution in [3.8, 4) is 0 Å². The van der Waals surface area contributed by atoms with Crippen molar-refractivity contribution in [1.29, 1.82) is 0 Å². The fourth-order valence-corrected chi connectivity index (χ4v) is 3.08. The van der Waals surface area contributed by atoms with Crippen LogP contribution in [-0.4, -0.2) is 36.7 Å². The molecule has 2 atom stereocenters. The lowest BCUT2D eigenvalue weighted by atomic mass is 10.2. The van der Waals surface area contributed by atoms with E-state index in [9.17, 15) is 18.3 Å². The molecule has 0 saturated carbocycles. The number of hydrogen-bond donors (Lipinski definition) is 3. The minimum Gasteiger partial charge on any atom is -0.480 e. The van der Waals surface area contributed by atoms with Gasteiger partial charge in [0.2, 0.25) is 10.0 Å². The number of carboxylic acid groups (broad SMARTS) is 1. The highest BCUT2D eigenvalue weighted by Gasteiger charge is 2.29. The number of aliphatic hydroxyl groups is 1. The molecule has 1 aromatic carbocycles. The van der Waals surface area contributed by atoms with Gasteiger partial charge in [-0.25, -0.2) is 8.42 Å². The molecule has 6 nitrogen and oxygen atoms in total. The molecule has 0 unspecified atom stereocenters. The van der Waals surface area contributed by atoms with Gasteiger partial charge in [0, 0.05) is 4.47 Å². The van der Waals surface area contributed by atoms with E-state index in [1.807, 2.05) is 4.72 Å². The van der Waals surface area contributed by atoms with Crippen LogP contribution in [0.4, 0.5) is 0 Å². The van der Waals surface area contributed by atoms with Crippen LogP contribution in [0.15, 0.2) is 33.6 Å². The minimum atomic E-state index is -3.99. The second kappa shape index (κ2) is 5.79. The Hall–Kier alpha value is -0.960. The van der Waals surface area contributed by atoms with Crippen LogP contribution in [0.3, 0.4) is 0 Å². The molecule has 18 heavy (non-hydrogen) atoms. The Morgan fingerprint density at radius 3 is 2.50 bits per heavy atom. The number of aliphatic carboxylic acids is 1. The fraction of sp³-hybridized carbons (Fsp3) is 0.300. The third-order valence-electron chi connectivity index (χ3n) is 2.14. The first-order valence-electron chi connectivity index (χ1n) is 4.93. The maximum Gasteiger partial charge on any atom is 0.324 e. The zero-order chi connectivity index (χ0) is 13.9. The summed E-state index contributed by atoms with van der Waals surface area (Å²) >= 11 is 3.12. The molecule has 0 saturated heterocycles. The normalized spacial score (nSPS) is 15.1. The van der Waals surface area contributed by atoms with Crippen molar-refractivity contribution in [3.63, 3.8) is 0 Å². The predicted molar refractivity (Wildman–Crippen MR) is 67.6 cm³/mol. The molecule has 0 radical (unpaired) electrons. The molecular formula is C10H12BrNO5S. The zero-order valence-electron chi connectivity index (χ0n) is 9.37. The number of nitrogens with one attached hydrogen (secondary N) is 1. The summed E-state index contributed by atoms with van der Waals surface area (Å²) < 4.78 is 26.3. The van der Waals surface area contributed by atoms with Gasteiger partial charge < -0.3 is 10.2 Å². The largest absolute Gasteiger partial charge is 0.480 e. The van der Waals surface area contributed by atoms with Crippen molar-refractivity contribution in [2.24, 2.45) is 0 Å². The van der Waals surface area contributed by atoms with Gasteiger partial charge in [0.05, 0.1) is 11.0 Å². The number of aliphatic hydroxyl groups excluding tert-OH is 1. The number of carbonyl (C=O) groups is 1. The average molecular weight is 338 g/mol. The molecule has 0 amide bonds. The summed E-state index contributed by atoms with van der Waals surface area (Å²) in [4.78, 5) is 10.7. The van der Waals surface area contributed by atoms with Crippen molar-refractivity contribution in [1.82, 2.24) is 4.72 Å². The Labute approximate surface area is 113 Å². The van der Waals surface area contributed by atoms with Crippen molar-refractivity contribution in [2.75, 3.05) is 0 Å². The van der Waals surface area contributed by atoms with Gasteiger partial charge in [0.1, 0.15) is 6.04 Å². The minimum absolute atomic E-state index is 0.0798. The van der Waals surface area contributed by atoms with E-state index in [1.165, 1.54) is 25.1 Å². The highest BCUT2D eigenvalue weighted by molar-refractivity contribution is 9.10. The van der Waals surface area contributed by atoms with E-state index >= 15 is 0 Å². The van der Waals surface area contributed by atoms with Crippen LogP contribution in [0.5, 0.6) is 0 Å². The van der Waals surface area contributed by atoms with Gasteiger partial charge in [-0.3, -0.25) is 4.79 Å². The molecule has 0 aromatic heterocycles. The lowest BCUT2D eigenvalue weighted by Gasteiger charge is -2.17. The summed E-state index contributed by atoms with van der Waals surface area (Å²) in [6, 6.07) is 4.23. The van der Waals surface area contributed by atoms with Gasteiger partial charge in [-0.2, -0.15) is 4.72 Å². The zero-order valence-corrected chi connectivity index (χ0v) is 11.8. The summed E-state index contributed by atoms with van der Waals surface area (Å²) in [5, 5.41) is 18.0. The third kappa shape index (κ3) is 3.77. The molecule has 1 aromatic rings. The van der Waals surface area contributed by atoms with E-state index < -0.39 is 28.1 Å². The molecule has 0 spiro atoms. The number of halogens is 1. The third-order valence-corrected chi connectivity index (χ3v) is 4.07. The molecule has 8 heteroatoms. The van der Waals surface area contributed by atoms with Crippen LogP contribution in [0.25, 0.3) is 0 Å². The molecule has 0 aliphatic rings. The summed E-state index contributed by atoms with van der Waals surface area (Å²) in [7, 11) is -3.99. The quantitative estimate of drug-likeness (QED) is 0.728. The average Bonchev–Trinajstić information content (AvgIpc) is 2.25. The molecule has 0 fully saturated rings. The van der Waals surface area contributed by atoms with E-state index in [1.54, 1.807) is 6.07 Å². The maximum absolute atomic E-state index is 11.9. The standard InChI is InChI=1S/C10H12BrNO5S/c1-6(13)9(10(14)15)12-18(16,17)8-4-2-3-7(11)5-8/h2-6,9,12-13H,1H3,(H,14,15)/t6-,9-/m0/s1. The number of hydrogen-bond acceptors (Lipinski definition) is 4. The lowest BCUT2D eigenvalue weighted by molar-refractivity contribution is -0.141. The maximum atomic E-state index is 11.9. The Morgan fingerprint density at radius 1 is 1.44 bits per heavy atom. The second-order valence-electron chi connectivity index (χ2n) is 3.64. The van der Waals surface area contributed by atoms with E-state index in [0.29, 0.717) is 4.47 Å². The Kier molecular flexibility index (Phi) is 4.85. The summed E-state index contributed by atoms with van der Waals surface area (Å²) in [6.07, 6.45) is -1.34. The highest BCUT2D eigenvalue weighted by Crippen LogP contribution is 2.16. The molecule has 0 aliphatic heterocycles. The van der Waals surface area contributed by atoms with Crippen LogP contribution in [0, 0.1) is 0 Å². The lowest BCUT2D eigenvalue weighted by Crippen LogP contribution is -2.47. The van der Waals surface area contributed by atoms with Crippen LogP contribution in [-0.2, 0) is 14.8 Å². The van der Waals surface area contributed by atoms with E-state index in [0.717, 1.165) is 0 Å². The van der Waals surface area contributed by atoms with Crippen LogP contribution in [0.1, 0.15) is 6.92 Å². The monoisotopic (exact) mass is 337 g/mol. The van der Waals surface area contributed by atoms with Gasteiger partial charge in [0.15, 0.2) is 0 Å². The van der Waals surface area contributed by atoms with E-state index in [2.05, 4.69) is 15.9 Å². The number of benzene rings is 1. The van der Waals surface area contributed by atoms with Gasteiger partial charge in [0.25, 0.3) is 0 Å². The predicted octanol–water partition coefficient (Wildman–Crippen LogP) is 0.561. The van der Waals surface area contributed by atoms with Crippen molar-refractivity contribution < 1.29 is 23.4 Å². The van der Waals surface area contributed by atoms with Crippen LogP contribution < -0.4 is 4.72 Å². The SMILES string of the molecule is C[C@H](O)[C@H](NS(=O)(=O)c1cccc(Br)c1)C(=O)O. The number of carboxylic acids is 1. The molecule has 1 rings (SSSR count). The Balaban J connectivity index is 3.05.